The SMILES string of the molecule is NCC#Cc1cc(F)ccc1OCCC1CCCO1. The van der Waals surface area contributed by atoms with E-state index in [1.54, 1.807) is 6.07 Å². The van der Waals surface area contributed by atoms with Crippen molar-refractivity contribution in [2.75, 3.05) is 19.8 Å². The smallest absolute Gasteiger partial charge is 0.135 e. The summed E-state index contributed by atoms with van der Waals surface area (Å²) in [5.74, 6) is 5.80. The topological polar surface area (TPSA) is 44.5 Å². The van der Waals surface area contributed by atoms with Gasteiger partial charge >= 0.3 is 0 Å². The van der Waals surface area contributed by atoms with Crippen LogP contribution in [-0.2, 0) is 4.74 Å². The highest BCUT2D eigenvalue weighted by Gasteiger charge is 2.15. The summed E-state index contributed by atoms with van der Waals surface area (Å²) in [7, 11) is 0. The summed E-state index contributed by atoms with van der Waals surface area (Å²) in [6.45, 7) is 1.63. The summed E-state index contributed by atoms with van der Waals surface area (Å²) in [4.78, 5) is 0. The van der Waals surface area contributed by atoms with Crippen LogP contribution in [0.1, 0.15) is 24.8 Å². The Hall–Kier alpha value is -1.57. The molecule has 0 aromatic heterocycles. The van der Waals surface area contributed by atoms with Crippen LogP contribution in [0.2, 0.25) is 0 Å². The first-order valence-electron chi connectivity index (χ1n) is 6.52. The Bertz CT molecular complexity index is 473. The zero-order valence-corrected chi connectivity index (χ0v) is 10.8. The van der Waals surface area contributed by atoms with Gasteiger partial charge in [-0.15, -0.1) is 0 Å². The fraction of sp³-hybridized carbons (Fsp3) is 0.467. The second-order valence-electron chi connectivity index (χ2n) is 4.42. The molecule has 19 heavy (non-hydrogen) atoms. The van der Waals surface area contributed by atoms with E-state index in [9.17, 15) is 4.39 Å². The Kier molecular flexibility index (Phi) is 5.20. The lowest BCUT2D eigenvalue weighted by molar-refractivity contribution is 0.0903. The molecule has 1 unspecified atom stereocenters. The average Bonchev–Trinajstić information content (AvgIpc) is 2.91. The number of hydrogen-bond acceptors (Lipinski definition) is 3. The standard InChI is InChI=1S/C15H18FNO2/c16-13-5-6-15(12(11-13)3-1-8-17)19-10-7-14-4-2-9-18-14/h5-6,11,14H,2,4,7-10,17H2. The molecule has 1 saturated heterocycles. The molecule has 3 nitrogen and oxygen atoms in total. The van der Waals surface area contributed by atoms with E-state index < -0.39 is 0 Å². The maximum absolute atomic E-state index is 13.2. The average molecular weight is 263 g/mol. The van der Waals surface area contributed by atoms with Gasteiger partial charge in [-0.2, -0.15) is 0 Å². The van der Waals surface area contributed by atoms with Crippen LogP contribution in [0.15, 0.2) is 18.2 Å². The van der Waals surface area contributed by atoms with Gasteiger partial charge in [0.25, 0.3) is 0 Å². The van der Waals surface area contributed by atoms with Crippen LogP contribution < -0.4 is 10.5 Å². The fourth-order valence-corrected chi connectivity index (χ4v) is 2.04. The fourth-order valence-electron chi connectivity index (χ4n) is 2.04. The predicted octanol–water partition coefficient (Wildman–Crippen LogP) is 2.08. The molecular formula is C15H18FNO2. The normalized spacial score (nSPS) is 17.9. The highest BCUT2D eigenvalue weighted by atomic mass is 19.1. The van der Waals surface area contributed by atoms with Crippen molar-refractivity contribution >= 4 is 0 Å². The van der Waals surface area contributed by atoms with Gasteiger partial charge in [0.15, 0.2) is 0 Å². The maximum Gasteiger partial charge on any atom is 0.135 e. The van der Waals surface area contributed by atoms with Crippen molar-refractivity contribution in [2.45, 2.75) is 25.4 Å². The van der Waals surface area contributed by atoms with Crippen LogP contribution in [0.4, 0.5) is 4.39 Å². The van der Waals surface area contributed by atoms with Gasteiger partial charge in [0, 0.05) is 13.0 Å². The van der Waals surface area contributed by atoms with Crippen LogP contribution in [0.25, 0.3) is 0 Å². The van der Waals surface area contributed by atoms with E-state index in [0.717, 1.165) is 25.9 Å². The molecule has 1 atom stereocenters. The molecule has 0 aliphatic carbocycles. The summed E-state index contributed by atoms with van der Waals surface area (Å²) in [6.07, 6.45) is 3.35. The van der Waals surface area contributed by atoms with Crippen LogP contribution >= 0.6 is 0 Å². The first kappa shape index (κ1) is 13.9. The molecule has 1 fully saturated rings. The predicted molar refractivity (Wildman–Crippen MR) is 71.4 cm³/mol. The monoisotopic (exact) mass is 263 g/mol. The van der Waals surface area contributed by atoms with Crippen molar-refractivity contribution in [3.05, 3.63) is 29.6 Å². The lowest BCUT2D eigenvalue weighted by Gasteiger charge is -2.11. The third kappa shape index (κ3) is 4.23. The Morgan fingerprint density at radius 2 is 2.37 bits per heavy atom. The summed E-state index contributed by atoms with van der Waals surface area (Å²) in [5.41, 5.74) is 5.86. The molecule has 0 radical (unpaired) electrons. The van der Waals surface area contributed by atoms with E-state index >= 15 is 0 Å². The number of ether oxygens (including phenoxy) is 2. The first-order valence-corrected chi connectivity index (χ1v) is 6.52. The van der Waals surface area contributed by atoms with Gasteiger partial charge in [-0.3, -0.25) is 0 Å². The second-order valence-corrected chi connectivity index (χ2v) is 4.42. The lowest BCUT2D eigenvalue weighted by atomic mass is 10.2. The molecule has 0 saturated carbocycles. The summed E-state index contributed by atoms with van der Waals surface area (Å²) >= 11 is 0. The summed E-state index contributed by atoms with van der Waals surface area (Å²) in [6, 6.07) is 4.34. The minimum atomic E-state index is -0.326. The van der Waals surface area contributed by atoms with Gasteiger partial charge in [0.1, 0.15) is 11.6 Å². The number of nitrogens with two attached hydrogens (primary N) is 1. The van der Waals surface area contributed by atoms with Crippen LogP contribution in [-0.4, -0.2) is 25.9 Å². The third-order valence-electron chi connectivity index (χ3n) is 2.99. The van der Waals surface area contributed by atoms with Crippen molar-refractivity contribution in [3.8, 4) is 17.6 Å². The maximum atomic E-state index is 13.2. The lowest BCUT2D eigenvalue weighted by Crippen LogP contribution is -2.11. The molecule has 2 rings (SSSR count). The Morgan fingerprint density at radius 1 is 1.47 bits per heavy atom. The molecule has 1 aliphatic heterocycles. The second kappa shape index (κ2) is 7.13. The molecule has 4 heteroatoms. The number of hydrogen-bond donors (Lipinski definition) is 1. The van der Waals surface area contributed by atoms with Crippen molar-refractivity contribution < 1.29 is 13.9 Å². The highest BCUT2D eigenvalue weighted by molar-refractivity contribution is 5.46. The first-order chi connectivity index (χ1) is 9.29. The molecule has 1 heterocycles. The quantitative estimate of drug-likeness (QED) is 0.846. The third-order valence-corrected chi connectivity index (χ3v) is 2.99. The van der Waals surface area contributed by atoms with Crippen LogP contribution in [0, 0.1) is 17.7 Å². The molecule has 102 valence electrons. The minimum Gasteiger partial charge on any atom is -0.492 e. The molecule has 0 amide bonds. The van der Waals surface area contributed by atoms with E-state index in [-0.39, 0.29) is 12.4 Å². The molecule has 1 aromatic carbocycles. The molecular weight excluding hydrogens is 245 g/mol. The number of benzene rings is 1. The van der Waals surface area contributed by atoms with Crippen molar-refractivity contribution in [1.29, 1.82) is 0 Å². The van der Waals surface area contributed by atoms with Gasteiger partial charge in [-0.05, 0) is 31.0 Å². The van der Waals surface area contributed by atoms with Crippen molar-refractivity contribution in [3.63, 3.8) is 0 Å². The summed E-state index contributed by atoms with van der Waals surface area (Å²) < 4.78 is 24.3. The van der Waals surface area contributed by atoms with Gasteiger partial charge in [0.2, 0.25) is 0 Å². The summed E-state index contributed by atoms with van der Waals surface area (Å²) in [5, 5.41) is 0. The number of rotatable bonds is 4. The van der Waals surface area contributed by atoms with E-state index in [4.69, 9.17) is 15.2 Å². The Labute approximate surface area is 112 Å². The van der Waals surface area contributed by atoms with Gasteiger partial charge in [-0.1, -0.05) is 11.8 Å². The van der Waals surface area contributed by atoms with E-state index in [1.807, 2.05) is 0 Å². The zero-order chi connectivity index (χ0) is 13.5. The number of halogens is 1. The zero-order valence-electron chi connectivity index (χ0n) is 10.8. The van der Waals surface area contributed by atoms with E-state index in [2.05, 4.69) is 11.8 Å². The largest absolute Gasteiger partial charge is 0.492 e. The minimum absolute atomic E-state index is 0.242. The van der Waals surface area contributed by atoms with Gasteiger partial charge < -0.3 is 15.2 Å². The van der Waals surface area contributed by atoms with E-state index in [0.29, 0.717) is 24.0 Å². The molecule has 1 aromatic rings. The highest BCUT2D eigenvalue weighted by Crippen LogP contribution is 2.20. The Morgan fingerprint density at radius 3 is 3.11 bits per heavy atom. The van der Waals surface area contributed by atoms with Crippen LogP contribution in [0.3, 0.4) is 0 Å². The van der Waals surface area contributed by atoms with Gasteiger partial charge in [-0.25, -0.2) is 4.39 Å². The molecule has 0 bridgehead atoms. The van der Waals surface area contributed by atoms with Crippen molar-refractivity contribution in [2.24, 2.45) is 5.73 Å². The molecule has 1 aliphatic rings. The molecule has 2 N–H and O–H groups in total. The van der Waals surface area contributed by atoms with Gasteiger partial charge in [0.05, 0.1) is 24.8 Å². The van der Waals surface area contributed by atoms with E-state index in [1.165, 1.54) is 12.1 Å². The Balaban J connectivity index is 1.94. The van der Waals surface area contributed by atoms with Crippen LogP contribution in [0.5, 0.6) is 5.75 Å². The molecule has 0 spiro atoms. The van der Waals surface area contributed by atoms with Crippen molar-refractivity contribution in [1.82, 2.24) is 0 Å².